The van der Waals surface area contributed by atoms with E-state index in [4.69, 9.17) is 4.74 Å². The Morgan fingerprint density at radius 3 is 2.28 bits per heavy atom. The molecule has 0 spiro atoms. The van der Waals surface area contributed by atoms with Gasteiger partial charge in [-0.2, -0.15) is 0 Å². The summed E-state index contributed by atoms with van der Waals surface area (Å²) in [6.45, 7) is 0. The zero-order valence-corrected chi connectivity index (χ0v) is 13.9. The number of halogens is 2. The zero-order chi connectivity index (χ0) is 18.6. The SMILES string of the molecule is COc1cc(NC(=O)NC(=O)c2c(F)cccc2F)ccc1N(C)C. The lowest BCUT2D eigenvalue weighted by atomic mass is 10.2. The molecule has 2 aromatic carbocycles. The molecular formula is C17H17F2N3O3. The van der Waals surface area contributed by atoms with Gasteiger partial charge in [-0.05, 0) is 24.3 Å². The molecule has 2 aromatic rings. The zero-order valence-electron chi connectivity index (χ0n) is 13.9. The molecule has 0 aliphatic carbocycles. The molecular weight excluding hydrogens is 332 g/mol. The number of carbonyl (C=O) groups is 2. The Morgan fingerprint density at radius 1 is 1.08 bits per heavy atom. The highest BCUT2D eigenvalue weighted by molar-refractivity contribution is 6.08. The molecule has 0 aliphatic heterocycles. The van der Waals surface area contributed by atoms with Crippen LogP contribution in [-0.4, -0.2) is 33.1 Å². The quantitative estimate of drug-likeness (QED) is 0.890. The molecule has 0 fully saturated rings. The van der Waals surface area contributed by atoms with E-state index in [0.29, 0.717) is 11.4 Å². The second-order valence-electron chi connectivity index (χ2n) is 5.29. The number of urea groups is 1. The molecule has 0 saturated heterocycles. The van der Waals surface area contributed by atoms with Crippen molar-refractivity contribution in [1.29, 1.82) is 0 Å². The van der Waals surface area contributed by atoms with E-state index >= 15 is 0 Å². The standard InChI is InChI=1S/C17H17F2N3O3/c1-22(2)13-8-7-10(9-14(13)25-3)20-17(24)21-16(23)15-11(18)5-4-6-12(15)19/h4-9H,1-3H3,(H2,20,21,23,24). The number of nitrogens with zero attached hydrogens (tertiary/aromatic N) is 1. The van der Waals surface area contributed by atoms with Crippen LogP contribution in [0.5, 0.6) is 5.75 Å². The average Bonchev–Trinajstić information content (AvgIpc) is 2.54. The Morgan fingerprint density at radius 2 is 1.72 bits per heavy atom. The van der Waals surface area contributed by atoms with Crippen molar-refractivity contribution in [3.63, 3.8) is 0 Å². The van der Waals surface area contributed by atoms with Crippen LogP contribution in [0.3, 0.4) is 0 Å². The van der Waals surface area contributed by atoms with Gasteiger partial charge in [0.1, 0.15) is 22.9 Å². The Labute approximate surface area is 143 Å². The Balaban J connectivity index is 2.11. The first-order valence-corrected chi connectivity index (χ1v) is 7.25. The molecule has 8 heteroatoms. The van der Waals surface area contributed by atoms with Crippen LogP contribution in [0.1, 0.15) is 10.4 Å². The first kappa shape index (κ1) is 18.2. The van der Waals surface area contributed by atoms with Gasteiger partial charge in [0.25, 0.3) is 5.91 Å². The summed E-state index contributed by atoms with van der Waals surface area (Å²) in [5.41, 5.74) is 0.318. The molecule has 0 radical (unpaired) electrons. The Kier molecular flexibility index (Phi) is 5.53. The number of hydrogen-bond acceptors (Lipinski definition) is 4. The number of anilines is 2. The molecule has 2 rings (SSSR count). The first-order chi connectivity index (χ1) is 11.8. The summed E-state index contributed by atoms with van der Waals surface area (Å²) >= 11 is 0. The highest BCUT2D eigenvalue weighted by atomic mass is 19.1. The van der Waals surface area contributed by atoms with Gasteiger partial charge in [0.15, 0.2) is 0 Å². The van der Waals surface area contributed by atoms with Gasteiger partial charge in [0.05, 0.1) is 12.8 Å². The summed E-state index contributed by atoms with van der Waals surface area (Å²) in [6.07, 6.45) is 0. The fraction of sp³-hybridized carbons (Fsp3) is 0.176. The van der Waals surface area contributed by atoms with Crippen molar-refractivity contribution in [2.24, 2.45) is 0 Å². The fourth-order valence-electron chi connectivity index (χ4n) is 2.17. The number of ether oxygens (including phenoxy) is 1. The molecule has 3 amide bonds. The maximum atomic E-state index is 13.5. The van der Waals surface area contributed by atoms with Crippen LogP contribution in [0, 0.1) is 11.6 Å². The average molecular weight is 349 g/mol. The van der Waals surface area contributed by atoms with Crippen molar-refractivity contribution < 1.29 is 23.1 Å². The normalized spacial score (nSPS) is 10.1. The van der Waals surface area contributed by atoms with Crippen molar-refractivity contribution in [3.05, 3.63) is 53.6 Å². The number of imide groups is 1. The fourth-order valence-corrected chi connectivity index (χ4v) is 2.17. The Bertz CT molecular complexity index is 789. The highest BCUT2D eigenvalue weighted by Crippen LogP contribution is 2.29. The molecule has 0 unspecified atom stereocenters. The summed E-state index contributed by atoms with van der Waals surface area (Å²) in [5, 5.41) is 4.29. The molecule has 132 valence electrons. The second kappa shape index (κ2) is 7.61. The molecule has 0 aliphatic rings. The van der Waals surface area contributed by atoms with E-state index in [1.807, 2.05) is 24.3 Å². The van der Waals surface area contributed by atoms with Crippen LogP contribution in [0.25, 0.3) is 0 Å². The largest absolute Gasteiger partial charge is 0.495 e. The minimum atomic E-state index is -1.18. The first-order valence-electron chi connectivity index (χ1n) is 7.25. The third-order valence-electron chi connectivity index (χ3n) is 3.34. The predicted octanol–water partition coefficient (Wildman–Crippen LogP) is 3.00. The van der Waals surface area contributed by atoms with Gasteiger partial charge in [-0.1, -0.05) is 6.07 Å². The minimum absolute atomic E-state index is 0.349. The third-order valence-corrected chi connectivity index (χ3v) is 3.34. The summed E-state index contributed by atoms with van der Waals surface area (Å²) < 4.78 is 32.3. The molecule has 0 bridgehead atoms. The molecule has 0 heterocycles. The van der Waals surface area contributed by atoms with E-state index in [0.717, 1.165) is 23.9 Å². The molecule has 2 N–H and O–H groups in total. The van der Waals surface area contributed by atoms with Crippen molar-refractivity contribution in [2.45, 2.75) is 0 Å². The monoisotopic (exact) mass is 349 g/mol. The lowest BCUT2D eigenvalue weighted by molar-refractivity contribution is 0.0959. The van der Waals surface area contributed by atoms with E-state index in [-0.39, 0.29) is 0 Å². The van der Waals surface area contributed by atoms with Gasteiger partial charge in [-0.25, -0.2) is 13.6 Å². The van der Waals surface area contributed by atoms with E-state index in [1.165, 1.54) is 7.11 Å². The molecule has 0 atom stereocenters. The summed E-state index contributed by atoms with van der Waals surface area (Å²) in [7, 11) is 5.15. The number of methoxy groups -OCH3 is 1. The lowest BCUT2D eigenvalue weighted by Gasteiger charge is -2.17. The maximum Gasteiger partial charge on any atom is 0.326 e. The number of benzene rings is 2. The van der Waals surface area contributed by atoms with Gasteiger partial charge < -0.3 is 15.0 Å². The van der Waals surface area contributed by atoms with E-state index in [9.17, 15) is 18.4 Å². The Hall–Kier alpha value is -3.16. The second-order valence-corrected chi connectivity index (χ2v) is 5.29. The smallest absolute Gasteiger partial charge is 0.326 e. The predicted molar refractivity (Wildman–Crippen MR) is 90.2 cm³/mol. The van der Waals surface area contributed by atoms with E-state index in [1.54, 1.807) is 18.2 Å². The van der Waals surface area contributed by atoms with Crippen LogP contribution in [0.15, 0.2) is 36.4 Å². The highest BCUT2D eigenvalue weighted by Gasteiger charge is 2.19. The number of hydrogen-bond donors (Lipinski definition) is 2. The van der Waals surface area contributed by atoms with Gasteiger partial charge in [-0.3, -0.25) is 10.1 Å². The van der Waals surface area contributed by atoms with Crippen LogP contribution in [0.2, 0.25) is 0 Å². The summed E-state index contributed by atoms with van der Waals surface area (Å²) in [4.78, 5) is 25.6. The molecule has 6 nitrogen and oxygen atoms in total. The third kappa shape index (κ3) is 4.23. The van der Waals surface area contributed by atoms with Crippen LogP contribution in [0.4, 0.5) is 25.0 Å². The van der Waals surface area contributed by atoms with Gasteiger partial charge in [-0.15, -0.1) is 0 Å². The van der Waals surface area contributed by atoms with Crippen molar-refractivity contribution in [3.8, 4) is 5.75 Å². The van der Waals surface area contributed by atoms with E-state index < -0.39 is 29.1 Å². The number of carbonyl (C=O) groups excluding carboxylic acids is 2. The van der Waals surface area contributed by atoms with Crippen molar-refractivity contribution in [1.82, 2.24) is 5.32 Å². The van der Waals surface area contributed by atoms with Gasteiger partial charge >= 0.3 is 6.03 Å². The summed E-state index contributed by atoms with van der Waals surface area (Å²) in [5.74, 6) is -2.77. The van der Waals surface area contributed by atoms with Gasteiger partial charge in [0.2, 0.25) is 0 Å². The van der Waals surface area contributed by atoms with Crippen LogP contribution < -0.4 is 20.3 Å². The minimum Gasteiger partial charge on any atom is -0.495 e. The van der Waals surface area contributed by atoms with Gasteiger partial charge in [0, 0.05) is 25.8 Å². The molecule has 0 aromatic heterocycles. The number of rotatable bonds is 4. The van der Waals surface area contributed by atoms with Crippen molar-refractivity contribution >= 4 is 23.3 Å². The maximum absolute atomic E-state index is 13.5. The topological polar surface area (TPSA) is 70.7 Å². The van der Waals surface area contributed by atoms with Crippen molar-refractivity contribution in [2.75, 3.05) is 31.4 Å². The lowest BCUT2D eigenvalue weighted by Crippen LogP contribution is -2.35. The van der Waals surface area contributed by atoms with Crippen LogP contribution in [-0.2, 0) is 0 Å². The summed E-state index contributed by atoms with van der Waals surface area (Å²) in [6, 6.07) is 6.94. The number of amides is 3. The molecule has 0 saturated carbocycles. The van der Waals surface area contributed by atoms with E-state index in [2.05, 4.69) is 5.32 Å². The van der Waals surface area contributed by atoms with Crippen LogP contribution >= 0.6 is 0 Å². The molecule has 25 heavy (non-hydrogen) atoms. The number of nitrogens with one attached hydrogen (secondary N) is 2.